The van der Waals surface area contributed by atoms with E-state index < -0.39 is 34.8 Å². The van der Waals surface area contributed by atoms with E-state index in [1.54, 1.807) is 18.2 Å². The number of imide groups is 1. The van der Waals surface area contributed by atoms with Crippen molar-refractivity contribution in [1.29, 1.82) is 10.5 Å². The summed E-state index contributed by atoms with van der Waals surface area (Å²) < 4.78 is 40.6. The Bertz CT molecular complexity index is 1180. The summed E-state index contributed by atoms with van der Waals surface area (Å²) in [7, 11) is 0. The SMILES string of the molecule is CC1(C)C(=O)N(c2ccc(C#N)c(C(F)(F)F)c2)C(=O)N1Cc1ccc(C#N)cc1Br. The monoisotopic (exact) mass is 490 g/mol. The molecule has 0 atom stereocenters. The number of carbonyl (C=O) groups excluding carboxylic acids is 2. The summed E-state index contributed by atoms with van der Waals surface area (Å²) in [4.78, 5) is 28.0. The molecule has 31 heavy (non-hydrogen) atoms. The Morgan fingerprint density at radius 2 is 1.74 bits per heavy atom. The van der Waals surface area contributed by atoms with Gasteiger partial charge >= 0.3 is 12.2 Å². The quantitative estimate of drug-likeness (QED) is 0.568. The van der Waals surface area contributed by atoms with E-state index >= 15 is 0 Å². The van der Waals surface area contributed by atoms with Crippen molar-refractivity contribution in [3.63, 3.8) is 0 Å². The molecule has 0 unspecified atom stereocenters. The first-order valence-corrected chi connectivity index (χ1v) is 9.67. The molecule has 1 aliphatic rings. The molecule has 2 aromatic carbocycles. The van der Waals surface area contributed by atoms with Gasteiger partial charge in [0.2, 0.25) is 0 Å². The van der Waals surface area contributed by atoms with E-state index in [-0.39, 0.29) is 12.2 Å². The highest BCUT2D eigenvalue weighted by Gasteiger charge is 2.52. The maximum atomic E-state index is 13.3. The number of nitriles is 2. The molecule has 3 amide bonds. The number of alkyl halides is 3. The Morgan fingerprint density at radius 3 is 2.29 bits per heavy atom. The maximum Gasteiger partial charge on any atom is 0.417 e. The average molecular weight is 491 g/mol. The lowest BCUT2D eigenvalue weighted by Gasteiger charge is -2.28. The summed E-state index contributed by atoms with van der Waals surface area (Å²) in [6.45, 7) is 2.99. The fraction of sp³-hybridized carbons (Fsp3) is 0.238. The van der Waals surface area contributed by atoms with Gasteiger partial charge in [-0.3, -0.25) is 4.79 Å². The van der Waals surface area contributed by atoms with E-state index in [1.165, 1.54) is 24.8 Å². The summed E-state index contributed by atoms with van der Waals surface area (Å²) in [5, 5.41) is 18.0. The van der Waals surface area contributed by atoms with Gasteiger partial charge < -0.3 is 4.90 Å². The molecule has 0 spiro atoms. The molecule has 1 heterocycles. The molecule has 6 nitrogen and oxygen atoms in total. The number of carbonyl (C=O) groups is 2. The molecule has 2 aromatic rings. The molecular formula is C21H14BrF3N4O2. The zero-order valence-electron chi connectivity index (χ0n) is 16.3. The summed E-state index contributed by atoms with van der Waals surface area (Å²) in [6.07, 6.45) is -4.82. The first-order chi connectivity index (χ1) is 14.4. The van der Waals surface area contributed by atoms with Gasteiger partial charge in [0, 0.05) is 11.0 Å². The summed E-state index contributed by atoms with van der Waals surface area (Å²) in [6, 6.07) is 10.1. The Balaban J connectivity index is 2.02. The average Bonchev–Trinajstić information content (AvgIpc) is 2.87. The Kier molecular flexibility index (Phi) is 5.55. The lowest BCUT2D eigenvalue weighted by molar-refractivity contribution is -0.137. The Labute approximate surface area is 184 Å². The lowest BCUT2D eigenvalue weighted by Crippen LogP contribution is -2.43. The van der Waals surface area contributed by atoms with Crippen LogP contribution in [-0.4, -0.2) is 22.4 Å². The Morgan fingerprint density at radius 1 is 1.06 bits per heavy atom. The molecule has 0 bridgehead atoms. The minimum atomic E-state index is -4.82. The second-order valence-corrected chi connectivity index (χ2v) is 8.18. The second kappa shape index (κ2) is 7.71. The first kappa shape index (κ1) is 22.3. The van der Waals surface area contributed by atoms with Crippen LogP contribution in [0.15, 0.2) is 40.9 Å². The van der Waals surface area contributed by atoms with Crippen LogP contribution in [0.25, 0.3) is 0 Å². The van der Waals surface area contributed by atoms with E-state index in [0.29, 0.717) is 26.6 Å². The zero-order chi connectivity index (χ0) is 23.1. The molecule has 10 heteroatoms. The maximum absolute atomic E-state index is 13.3. The molecule has 0 radical (unpaired) electrons. The van der Waals surface area contributed by atoms with Crippen LogP contribution < -0.4 is 4.90 Å². The van der Waals surface area contributed by atoms with Gasteiger partial charge in [-0.15, -0.1) is 0 Å². The van der Waals surface area contributed by atoms with Crippen molar-refractivity contribution in [1.82, 2.24) is 4.90 Å². The number of urea groups is 1. The van der Waals surface area contributed by atoms with E-state index in [4.69, 9.17) is 10.5 Å². The zero-order valence-corrected chi connectivity index (χ0v) is 17.9. The van der Waals surface area contributed by atoms with Gasteiger partial charge in [-0.25, -0.2) is 9.69 Å². The predicted octanol–water partition coefficient (Wildman–Crippen LogP) is 4.96. The highest BCUT2D eigenvalue weighted by molar-refractivity contribution is 9.10. The summed E-state index contributed by atoms with van der Waals surface area (Å²) >= 11 is 3.33. The standard InChI is InChI=1S/C21H14BrF3N4O2/c1-20(2)18(30)29(15-6-5-13(10-27)16(8-15)21(23,24)25)19(31)28(20)11-14-4-3-12(9-26)7-17(14)22/h3-8H,11H2,1-2H3. The molecule has 1 fully saturated rings. The molecule has 0 saturated carbocycles. The molecule has 158 valence electrons. The van der Waals surface area contributed by atoms with Gasteiger partial charge in [0.05, 0.1) is 34.5 Å². The highest BCUT2D eigenvalue weighted by atomic mass is 79.9. The number of nitrogens with zero attached hydrogens (tertiary/aromatic N) is 4. The van der Waals surface area contributed by atoms with Crippen molar-refractivity contribution in [3.05, 3.63) is 63.1 Å². The molecule has 0 N–H and O–H groups in total. The van der Waals surface area contributed by atoms with Crippen LogP contribution in [0, 0.1) is 22.7 Å². The predicted molar refractivity (Wildman–Crippen MR) is 108 cm³/mol. The van der Waals surface area contributed by atoms with E-state index in [9.17, 15) is 22.8 Å². The minimum absolute atomic E-state index is 0.0111. The van der Waals surface area contributed by atoms with E-state index in [1.807, 2.05) is 6.07 Å². The molecule has 1 saturated heterocycles. The number of halogens is 4. The molecule has 1 aliphatic heterocycles. The van der Waals surface area contributed by atoms with Crippen LogP contribution in [0.1, 0.15) is 36.1 Å². The molecule has 0 aromatic heterocycles. The second-order valence-electron chi connectivity index (χ2n) is 7.33. The van der Waals surface area contributed by atoms with Crippen LogP contribution in [0.5, 0.6) is 0 Å². The van der Waals surface area contributed by atoms with Gasteiger partial charge in [-0.05, 0) is 49.7 Å². The van der Waals surface area contributed by atoms with Crippen LogP contribution in [-0.2, 0) is 17.5 Å². The largest absolute Gasteiger partial charge is 0.417 e. The van der Waals surface area contributed by atoms with Crippen molar-refractivity contribution >= 4 is 33.6 Å². The fourth-order valence-electron chi connectivity index (χ4n) is 3.25. The number of benzene rings is 2. The minimum Gasteiger partial charge on any atom is -0.305 e. The van der Waals surface area contributed by atoms with E-state index in [0.717, 1.165) is 12.1 Å². The third-order valence-electron chi connectivity index (χ3n) is 5.02. The third kappa shape index (κ3) is 3.87. The number of rotatable bonds is 3. The number of amides is 3. The molecular weight excluding hydrogens is 477 g/mol. The fourth-order valence-corrected chi connectivity index (χ4v) is 3.75. The number of anilines is 1. The van der Waals surface area contributed by atoms with Crippen molar-refractivity contribution in [3.8, 4) is 12.1 Å². The van der Waals surface area contributed by atoms with Gasteiger partial charge in [-0.1, -0.05) is 22.0 Å². The van der Waals surface area contributed by atoms with Crippen molar-refractivity contribution in [2.75, 3.05) is 4.90 Å². The molecule has 0 aliphatic carbocycles. The van der Waals surface area contributed by atoms with Gasteiger partial charge in [0.25, 0.3) is 5.91 Å². The topological polar surface area (TPSA) is 88.2 Å². The van der Waals surface area contributed by atoms with Crippen molar-refractivity contribution in [2.24, 2.45) is 0 Å². The van der Waals surface area contributed by atoms with Crippen LogP contribution in [0.3, 0.4) is 0 Å². The summed E-state index contributed by atoms with van der Waals surface area (Å²) in [5.41, 5.74) is -2.41. The van der Waals surface area contributed by atoms with E-state index in [2.05, 4.69) is 15.9 Å². The van der Waals surface area contributed by atoms with Crippen molar-refractivity contribution in [2.45, 2.75) is 32.1 Å². The lowest BCUT2D eigenvalue weighted by atomic mass is 10.0. The van der Waals surface area contributed by atoms with Crippen LogP contribution in [0.2, 0.25) is 0 Å². The van der Waals surface area contributed by atoms with Crippen molar-refractivity contribution < 1.29 is 22.8 Å². The first-order valence-electron chi connectivity index (χ1n) is 8.88. The third-order valence-corrected chi connectivity index (χ3v) is 5.76. The van der Waals surface area contributed by atoms with Crippen LogP contribution >= 0.6 is 15.9 Å². The Hall–Kier alpha value is -3.37. The smallest absolute Gasteiger partial charge is 0.305 e. The summed E-state index contributed by atoms with van der Waals surface area (Å²) in [5.74, 6) is -0.694. The van der Waals surface area contributed by atoms with Gasteiger partial charge in [0.1, 0.15) is 5.54 Å². The molecule has 3 rings (SSSR count). The number of hydrogen-bond acceptors (Lipinski definition) is 4. The highest BCUT2D eigenvalue weighted by Crippen LogP contribution is 2.38. The van der Waals surface area contributed by atoms with Gasteiger partial charge in [0.15, 0.2) is 0 Å². The number of hydrogen-bond donors (Lipinski definition) is 0. The van der Waals surface area contributed by atoms with Gasteiger partial charge in [-0.2, -0.15) is 23.7 Å². The normalized spacial score (nSPS) is 15.7. The van der Waals surface area contributed by atoms with Crippen LogP contribution in [0.4, 0.5) is 23.7 Å².